The van der Waals surface area contributed by atoms with Gasteiger partial charge in [0.1, 0.15) is 5.82 Å². The van der Waals surface area contributed by atoms with Gasteiger partial charge in [-0.3, -0.25) is 4.79 Å². The Kier molecular flexibility index (Phi) is 6.26. The lowest BCUT2D eigenvalue weighted by Crippen LogP contribution is -2.40. The highest BCUT2D eigenvalue weighted by molar-refractivity contribution is 7.89. The molecule has 2 heterocycles. The Morgan fingerprint density at radius 3 is 2.38 bits per heavy atom. The summed E-state index contributed by atoms with van der Waals surface area (Å²) >= 11 is 12.0. The molecule has 1 aromatic heterocycles. The number of aromatic nitrogens is 2. The van der Waals surface area contributed by atoms with Gasteiger partial charge in [-0.1, -0.05) is 35.3 Å². The minimum Gasteiger partial charge on any atom is -0.347 e. The van der Waals surface area contributed by atoms with E-state index in [1.807, 2.05) is 0 Å². The fourth-order valence-corrected chi connectivity index (χ4v) is 5.73. The lowest BCUT2D eigenvalue weighted by Gasteiger charge is -2.20. The van der Waals surface area contributed by atoms with Gasteiger partial charge >= 0.3 is 0 Å². The predicted octanol–water partition coefficient (Wildman–Crippen LogP) is 3.45. The van der Waals surface area contributed by atoms with Crippen LogP contribution in [0.5, 0.6) is 0 Å². The Morgan fingerprint density at radius 1 is 1.12 bits per heavy atom. The summed E-state index contributed by atoms with van der Waals surface area (Å²) in [5.41, 5.74) is 0.964. The van der Waals surface area contributed by atoms with Gasteiger partial charge in [-0.15, -0.1) is 0 Å². The normalized spacial score (nSPS) is 19.2. The molecule has 4 rings (SSSR count). The largest absolute Gasteiger partial charge is 0.347 e. The van der Waals surface area contributed by atoms with Gasteiger partial charge in [-0.25, -0.2) is 17.8 Å². The Bertz CT molecular complexity index is 1240. The van der Waals surface area contributed by atoms with Crippen LogP contribution in [0.25, 0.3) is 0 Å². The van der Waals surface area contributed by atoms with Crippen LogP contribution < -0.4 is 5.32 Å². The first-order valence-corrected chi connectivity index (χ1v) is 11.8. The van der Waals surface area contributed by atoms with E-state index >= 15 is 0 Å². The molecule has 1 saturated heterocycles. The summed E-state index contributed by atoms with van der Waals surface area (Å²) in [5, 5.41) is 3.43. The second-order valence-electron chi connectivity index (χ2n) is 7.60. The molecule has 0 spiro atoms. The second kappa shape index (κ2) is 8.82. The van der Waals surface area contributed by atoms with E-state index in [4.69, 9.17) is 23.2 Å². The Hall–Kier alpha value is -2.46. The van der Waals surface area contributed by atoms with Gasteiger partial charge in [0.25, 0.3) is 15.9 Å². The second-order valence-corrected chi connectivity index (χ2v) is 10.4. The van der Waals surface area contributed by atoms with E-state index in [1.165, 1.54) is 47.2 Å². The maximum absolute atomic E-state index is 13.5. The number of sulfonamides is 1. The summed E-state index contributed by atoms with van der Waals surface area (Å²) in [7, 11) is -2.20. The number of aryl methyl sites for hydroxylation is 1. The van der Waals surface area contributed by atoms with Crippen molar-refractivity contribution in [3.8, 4) is 0 Å². The highest BCUT2D eigenvalue weighted by Crippen LogP contribution is 2.32. The molecule has 0 radical (unpaired) electrons. The van der Waals surface area contributed by atoms with Crippen molar-refractivity contribution in [2.24, 2.45) is 7.05 Å². The third kappa shape index (κ3) is 4.66. The van der Waals surface area contributed by atoms with Crippen LogP contribution in [0.4, 0.5) is 4.39 Å². The van der Waals surface area contributed by atoms with Crippen LogP contribution in [0.1, 0.15) is 21.8 Å². The zero-order valence-electron chi connectivity index (χ0n) is 16.9. The SMILES string of the molecule is Cn1cnc(S(=O)(=O)N2CC(NC(=O)c3cc(Cl)cc(Cl)c3)C(c3ccc(F)cc3)C2)c1. The van der Waals surface area contributed by atoms with Crippen LogP contribution in [-0.2, 0) is 17.1 Å². The van der Waals surface area contributed by atoms with E-state index in [9.17, 15) is 17.6 Å². The van der Waals surface area contributed by atoms with Gasteiger partial charge in [0, 0.05) is 47.9 Å². The van der Waals surface area contributed by atoms with Gasteiger partial charge < -0.3 is 9.88 Å². The quantitative estimate of drug-likeness (QED) is 0.586. The molecule has 2 aromatic carbocycles. The minimum absolute atomic E-state index is 0.0288. The number of amides is 1. The Morgan fingerprint density at radius 2 is 1.78 bits per heavy atom. The number of hydrogen-bond donors (Lipinski definition) is 1. The van der Waals surface area contributed by atoms with E-state index in [-0.39, 0.29) is 23.7 Å². The molecule has 7 nitrogen and oxygen atoms in total. The number of benzene rings is 2. The molecule has 1 fully saturated rings. The number of nitrogens with zero attached hydrogens (tertiary/aromatic N) is 3. The zero-order chi connectivity index (χ0) is 23.0. The standard InChI is InChI=1S/C21H19Cl2FN4O3S/c1-27-11-20(25-12-27)32(30,31)28-9-18(13-2-4-17(24)5-3-13)19(10-28)26-21(29)14-6-15(22)8-16(23)7-14/h2-8,11-12,18-19H,9-10H2,1H3,(H,26,29). The van der Waals surface area contributed by atoms with Gasteiger partial charge in [-0.05, 0) is 35.9 Å². The van der Waals surface area contributed by atoms with Gasteiger partial charge in [0.05, 0.1) is 12.4 Å². The average molecular weight is 497 g/mol. The molecule has 1 amide bonds. The summed E-state index contributed by atoms with van der Waals surface area (Å²) in [5.74, 6) is -1.24. The monoisotopic (exact) mass is 496 g/mol. The average Bonchev–Trinajstić information content (AvgIpc) is 3.35. The van der Waals surface area contributed by atoms with Crippen molar-refractivity contribution >= 4 is 39.1 Å². The predicted molar refractivity (Wildman–Crippen MR) is 119 cm³/mol. The Labute approximate surface area is 194 Å². The summed E-state index contributed by atoms with van der Waals surface area (Å²) in [6.07, 6.45) is 2.82. The molecule has 3 aromatic rings. The maximum atomic E-state index is 13.5. The molecule has 11 heteroatoms. The molecule has 1 aliphatic heterocycles. The van der Waals surface area contributed by atoms with Crippen LogP contribution in [0.15, 0.2) is 60.0 Å². The van der Waals surface area contributed by atoms with E-state index in [2.05, 4.69) is 10.3 Å². The number of nitrogens with one attached hydrogen (secondary N) is 1. The topological polar surface area (TPSA) is 84.3 Å². The molecule has 0 aliphatic carbocycles. The maximum Gasteiger partial charge on any atom is 0.262 e. The van der Waals surface area contributed by atoms with Crippen molar-refractivity contribution in [2.75, 3.05) is 13.1 Å². The summed E-state index contributed by atoms with van der Waals surface area (Å²) < 4.78 is 42.5. The first kappa shape index (κ1) is 22.7. The van der Waals surface area contributed by atoms with Crippen LogP contribution >= 0.6 is 23.2 Å². The summed E-state index contributed by atoms with van der Waals surface area (Å²) in [4.78, 5) is 16.9. The van der Waals surface area contributed by atoms with Crippen LogP contribution in [0.2, 0.25) is 10.0 Å². The van der Waals surface area contributed by atoms with Crippen molar-refractivity contribution in [1.29, 1.82) is 0 Å². The van der Waals surface area contributed by atoms with Gasteiger partial charge in [-0.2, -0.15) is 4.31 Å². The third-order valence-electron chi connectivity index (χ3n) is 5.31. The van der Waals surface area contributed by atoms with Crippen molar-refractivity contribution < 1.29 is 17.6 Å². The number of halogens is 3. The number of rotatable bonds is 5. The van der Waals surface area contributed by atoms with Crippen LogP contribution in [0, 0.1) is 5.82 Å². The van der Waals surface area contributed by atoms with Crippen molar-refractivity contribution in [3.05, 3.63) is 82.0 Å². The highest BCUT2D eigenvalue weighted by atomic mass is 35.5. The van der Waals surface area contributed by atoms with E-state index in [1.54, 1.807) is 23.7 Å². The van der Waals surface area contributed by atoms with E-state index in [0.717, 1.165) is 0 Å². The molecular formula is C21H19Cl2FN4O3S. The molecule has 2 unspecified atom stereocenters. The van der Waals surface area contributed by atoms with Crippen LogP contribution in [-0.4, -0.2) is 47.3 Å². The van der Waals surface area contributed by atoms with E-state index in [0.29, 0.717) is 15.6 Å². The number of hydrogen-bond acceptors (Lipinski definition) is 4. The first-order valence-electron chi connectivity index (χ1n) is 9.64. The van der Waals surface area contributed by atoms with Gasteiger partial charge in [0.15, 0.2) is 5.03 Å². The lowest BCUT2D eigenvalue weighted by molar-refractivity contribution is 0.0936. The van der Waals surface area contributed by atoms with Crippen molar-refractivity contribution in [2.45, 2.75) is 17.0 Å². The van der Waals surface area contributed by atoms with Gasteiger partial charge in [0.2, 0.25) is 0 Å². The smallest absolute Gasteiger partial charge is 0.262 e. The van der Waals surface area contributed by atoms with Crippen molar-refractivity contribution in [3.63, 3.8) is 0 Å². The summed E-state index contributed by atoms with van der Waals surface area (Å²) in [6.45, 7) is 0.132. The fourth-order valence-electron chi connectivity index (χ4n) is 3.75. The van der Waals surface area contributed by atoms with E-state index < -0.39 is 33.7 Å². The number of imidazole rings is 1. The molecule has 168 valence electrons. The molecule has 1 aliphatic rings. The molecule has 0 bridgehead atoms. The minimum atomic E-state index is -3.88. The molecule has 1 N–H and O–H groups in total. The molecule has 32 heavy (non-hydrogen) atoms. The first-order chi connectivity index (χ1) is 15.1. The Balaban J connectivity index is 1.64. The highest BCUT2D eigenvalue weighted by Gasteiger charge is 2.41. The molecule has 2 atom stereocenters. The molecule has 0 saturated carbocycles. The summed E-state index contributed by atoms with van der Waals surface area (Å²) in [6, 6.07) is 9.70. The lowest BCUT2D eigenvalue weighted by atomic mass is 9.94. The molecular weight excluding hydrogens is 478 g/mol. The number of carbonyl (C=O) groups excluding carboxylic acids is 1. The third-order valence-corrected chi connectivity index (χ3v) is 7.46. The fraction of sp³-hybridized carbons (Fsp3) is 0.238. The zero-order valence-corrected chi connectivity index (χ0v) is 19.2. The van der Waals surface area contributed by atoms with Crippen molar-refractivity contribution in [1.82, 2.24) is 19.2 Å². The number of carbonyl (C=O) groups is 1. The van der Waals surface area contributed by atoms with Crippen LogP contribution in [0.3, 0.4) is 0 Å².